The van der Waals surface area contributed by atoms with E-state index < -0.39 is 5.97 Å². The van der Waals surface area contributed by atoms with Crippen molar-refractivity contribution in [3.05, 3.63) is 23.4 Å². The third-order valence-corrected chi connectivity index (χ3v) is 3.27. The third-order valence-electron chi connectivity index (χ3n) is 3.27. The van der Waals surface area contributed by atoms with Gasteiger partial charge in [0.15, 0.2) is 0 Å². The number of nitrogens with zero attached hydrogens (tertiary/aromatic N) is 2. The molecule has 0 saturated carbocycles. The molecular formula is C11H13N3O2. The zero-order valence-corrected chi connectivity index (χ0v) is 8.81. The van der Waals surface area contributed by atoms with Crippen LogP contribution in [0, 0.1) is 0 Å². The van der Waals surface area contributed by atoms with E-state index in [2.05, 4.69) is 15.2 Å². The first-order chi connectivity index (χ1) is 7.75. The molecule has 3 rings (SSSR count). The van der Waals surface area contributed by atoms with Gasteiger partial charge >= 0.3 is 5.97 Å². The molecule has 5 nitrogen and oxygen atoms in total. The Morgan fingerprint density at radius 1 is 1.62 bits per heavy atom. The highest BCUT2D eigenvalue weighted by atomic mass is 16.4. The number of carboxylic acid groups (broad SMARTS) is 1. The average molecular weight is 219 g/mol. The molecule has 0 amide bonds. The van der Waals surface area contributed by atoms with Gasteiger partial charge in [-0.3, -0.25) is 0 Å². The van der Waals surface area contributed by atoms with Crippen LogP contribution in [0.4, 0.5) is 5.82 Å². The first-order valence-corrected chi connectivity index (χ1v) is 5.45. The van der Waals surface area contributed by atoms with Gasteiger partial charge in [-0.05, 0) is 18.1 Å². The lowest BCUT2D eigenvalue weighted by Gasteiger charge is -2.31. The maximum Gasteiger partial charge on any atom is 0.337 e. The molecule has 2 aliphatic rings. The molecule has 1 atom stereocenters. The molecule has 1 aromatic rings. The number of aromatic carboxylic acids is 1. The molecular weight excluding hydrogens is 206 g/mol. The average Bonchev–Trinajstić information content (AvgIpc) is 2.66. The molecule has 1 aromatic heterocycles. The quantitative estimate of drug-likeness (QED) is 0.702. The van der Waals surface area contributed by atoms with Gasteiger partial charge in [-0.25, -0.2) is 9.78 Å². The van der Waals surface area contributed by atoms with Crippen molar-refractivity contribution in [3.63, 3.8) is 0 Å². The number of hydrogen-bond acceptors (Lipinski definition) is 4. The fourth-order valence-electron chi connectivity index (χ4n) is 2.50. The van der Waals surface area contributed by atoms with Crippen molar-refractivity contribution in [2.24, 2.45) is 0 Å². The number of hydrogen-bond donors (Lipinski definition) is 2. The van der Waals surface area contributed by atoms with Gasteiger partial charge in [0.1, 0.15) is 5.82 Å². The summed E-state index contributed by atoms with van der Waals surface area (Å²) in [5.41, 5.74) is 1.35. The van der Waals surface area contributed by atoms with E-state index in [0.29, 0.717) is 6.04 Å². The second-order valence-electron chi connectivity index (χ2n) is 4.27. The van der Waals surface area contributed by atoms with Crippen molar-refractivity contribution in [3.8, 4) is 0 Å². The van der Waals surface area contributed by atoms with Crippen molar-refractivity contribution in [1.82, 2.24) is 10.3 Å². The van der Waals surface area contributed by atoms with Crippen LogP contribution in [0.2, 0.25) is 0 Å². The second kappa shape index (κ2) is 3.45. The van der Waals surface area contributed by atoms with Crippen LogP contribution in [0.1, 0.15) is 15.9 Å². The Morgan fingerprint density at radius 3 is 3.31 bits per heavy atom. The highest BCUT2D eigenvalue weighted by Gasteiger charge is 2.32. The third kappa shape index (κ3) is 1.36. The number of pyridine rings is 1. The lowest BCUT2D eigenvalue weighted by Crippen LogP contribution is -2.49. The summed E-state index contributed by atoms with van der Waals surface area (Å²) in [5.74, 6) is 0.0646. The first-order valence-electron chi connectivity index (χ1n) is 5.45. The number of carbonyl (C=O) groups is 1. The van der Waals surface area contributed by atoms with Gasteiger partial charge < -0.3 is 15.3 Å². The van der Waals surface area contributed by atoms with Crippen LogP contribution in [0.15, 0.2) is 12.3 Å². The standard InChI is InChI=1S/C11H13N3O2/c15-11(16)8-3-7-4-9-6-12-1-2-14(9)10(7)13-5-8/h3,5,9,12H,1-2,4,6H2,(H,15,16). The highest BCUT2D eigenvalue weighted by molar-refractivity contribution is 5.88. The van der Waals surface area contributed by atoms with Crippen molar-refractivity contribution in [2.45, 2.75) is 12.5 Å². The normalized spacial score (nSPS) is 22.8. The summed E-state index contributed by atoms with van der Waals surface area (Å²) in [5, 5.41) is 12.3. The van der Waals surface area contributed by atoms with Gasteiger partial charge in [0.05, 0.1) is 5.56 Å². The van der Waals surface area contributed by atoms with Crippen LogP contribution >= 0.6 is 0 Å². The second-order valence-corrected chi connectivity index (χ2v) is 4.27. The van der Waals surface area contributed by atoms with Crippen LogP contribution in [-0.2, 0) is 6.42 Å². The molecule has 0 radical (unpaired) electrons. The monoisotopic (exact) mass is 219 g/mol. The number of aromatic nitrogens is 1. The van der Waals surface area contributed by atoms with Gasteiger partial charge in [0, 0.05) is 31.9 Å². The zero-order valence-electron chi connectivity index (χ0n) is 8.81. The molecule has 0 aliphatic carbocycles. The molecule has 0 bridgehead atoms. The van der Waals surface area contributed by atoms with Crippen LogP contribution in [-0.4, -0.2) is 41.7 Å². The van der Waals surface area contributed by atoms with Crippen LogP contribution in [0.5, 0.6) is 0 Å². The molecule has 1 saturated heterocycles. The summed E-state index contributed by atoms with van der Waals surface area (Å²) in [6, 6.07) is 2.20. The van der Waals surface area contributed by atoms with Crippen LogP contribution in [0.3, 0.4) is 0 Å². The number of fused-ring (bicyclic) bond motifs is 3. The van der Waals surface area contributed by atoms with E-state index in [1.165, 1.54) is 6.20 Å². The minimum Gasteiger partial charge on any atom is -0.478 e. The Bertz CT molecular complexity index is 447. The number of carboxylic acids is 1. The fraction of sp³-hybridized carbons (Fsp3) is 0.455. The van der Waals surface area contributed by atoms with E-state index in [4.69, 9.17) is 5.11 Å². The Kier molecular flexibility index (Phi) is 2.07. The first kappa shape index (κ1) is 9.59. The minimum absolute atomic E-state index is 0.284. The Morgan fingerprint density at radius 2 is 2.50 bits per heavy atom. The summed E-state index contributed by atoms with van der Waals surface area (Å²) in [7, 11) is 0. The maximum absolute atomic E-state index is 10.8. The van der Waals surface area contributed by atoms with E-state index in [-0.39, 0.29) is 5.56 Å². The highest BCUT2D eigenvalue weighted by Crippen LogP contribution is 2.31. The van der Waals surface area contributed by atoms with Gasteiger partial charge in [-0.15, -0.1) is 0 Å². The summed E-state index contributed by atoms with van der Waals surface area (Å²) < 4.78 is 0. The summed E-state index contributed by atoms with van der Waals surface area (Å²) >= 11 is 0. The van der Waals surface area contributed by atoms with Crippen molar-refractivity contribution in [1.29, 1.82) is 0 Å². The van der Waals surface area contributed by atoms with E-state index in [0.717, 1.165) is 37.4 Å². The van der Waals surface area contributed by atoms with Crippen LogP contribution < -0.4 is 10.2 Å². The largest absolute Gasteiger partial charge is 0.478 e. The number of nitrogens with one attached hydrogen (secondary N) is 1. The van der Waals surface area contributed by atoms with Gasteiger partial charge in [-0.1, -0.05) is 0 Å². The summed E-state index contributed by atoms with van der Waals surface area (Å²) in [4.78, 5) is 17.4. The van der Waals surface area contributed by atoms with Gasteiger partial charge in [0.25, 0.3) is 0 Å². The zero-order chi connectivity index (χ0) is 11.1. The minimum atomic E-state index is -0.904. The lowest BCUT2D eigenvalue weighted by molar-refractivity contribution is 0.0696. The molecule has 1 unspecified atom stereocenters. The van der Waals surface area contributed by atoms with Crippen molar-refractivity contribution < 1.29 is 9.90 Å². The van der Waals surface area contributed by atoms with Gasteiger partial charge in [-0.2, -0.15) is 0 Å². The predicted molar refractivity (Wildman–Crippen MR) is 58.9 cm³/mol. The Hall–Kier alpha value is -1.62. The molecule has 0 spiro atoms. The fourth-order valence-corrected chi connectivity index (χ4v) is 2.50. The van der Waals surface area contributed by atoms with E-state index in [1.807, 2.05) is 0 Å². The van der Waals surface area contributed by atoms with Crippen LogP contribution in [0.25, 0.3) is 0 Å². The molecule has 5 heteroatoms. The molecule has 0 aromatic carbocycles. The molecule has 84 valence electrons. The number of piperazine rings is 1. The maximum atomic E-state index is 10.8. The Labute approximate surface area is 93.1 Å². The van der Waals surface area contributed by atoms with E-state index in [9.17, 15) is 4.79 Å². The predicted octanol–water partition coefficient (Wildman–Crippen LogP) is 0.114. The van der Waals surface area contributed by atoms with Crippen molar-refractivity contribution in [2.75, 3.05) is 24.5 Å². The Balaban J connectivity index is 1.98. The smallest absolute Gasteiger partial charge is 0.337 e. The molecule has 2 N–H and O–H groups in total. The number of rotatable bonds is 1. The molecule has 16 heavy (non-hydrogen) atoms. The molecule has 3 heterocycles. The number of anilines is 1. The molecule has 1 fully saturated rings. The van der Waals surface area contributed by atoms with Crippen molar-refractivity contribution >= 4 is 11.8 Å². The summed E-state index contributed by atoms with van der Waals surface area (Å²) in [6.45, 7) is 2.88. The lowest BCUT2D eigenvalue weighted by atomic mass is 10.1. The van der Waals surface area contributed by atoms with Gasteiger partial charge in [0.2, 0.25) is 0 Å². The van der Waals surface area contributed by atoms with E-state index in [1.54, 1.807) is 6.07 Å². The topological polar surface area (TPSA) is 65.5 Å². The molecule has 2 aliphatic heterocycles. The summed E-state index contributed by atoms with van der Waals surface area (Å²) in [6.07, 6.45) is 2.35. The van der Waals surface area contributed by atoms with E-state index >= 15 is 0 Å². The SMILES string of the molecule is O=C(O)c1cnc2c(c1)CC1CNCCN21.